The number of aryl methyl sites for hydroxylation is 1. The molecule has 0 bridgehead atoms. The second-order valence-electron chi connectivity index (χ2n) is 5.12. The molecular formula is C17H16BrN5S. The van der Waals surface area contributed by atoms with E-state index in [1.54, 1.807) is 11.8 Å². The van der Waals surface area contributed by atoms with Crippen molar-refractivity contribution in [1.82, 2.24) is 15.0 Å². The molecule has 24 heavy (non-hydrogen) atoms. The molecule has 0 radical (unpaired) electrons. The molecule has 0 aliphatic carbocycles. The fourth-order valence-corrected chi connectivity index (χ4v) is 3.09. The number of halogens is 1. The summed E-state index contributed by atoms with van der Waals surface area (Å²) in [5, 5.41) is 3.20. The van der Waals surface area contributed by atoms with Crippen molar-refractivity contribution in [2.45, 2.75) is 17.6 Å². The third kappa shape index (κ3) is 4.46. The van der Waals surface area contributed by atoms with Gasteiger partial charge in [-0.25, -0.2) is 0 Å². The van der Waals surface area contributed by atoms with Gasteiger partial charge in [-0.2, -0.15) is 15.0 Å². The molecule has 0 saturated heterocycles. The van der Waals surface area contributed by atoms with Gasteiger partial charge in [0.25, 0.3) is 0 Å². The lowest BCUT2D eigenvalue weighted by Gasteiger charge is -2.09. The molecule has 7 heteroatoms. The van der Waals surface area contributed by atoms with E-state index in [-0.39, 0.29) is 5.95 Å². The summed E-state index contributed by atoms with van der Waals surface area (Å²) in [6.45, 7) is 2.02. The fourth-order valence-electron chi connectivity index (χ4n) is 2.07. The summed E-state index contributed by atoms with van der Waals surface area (Å²) in [7, 11) is 0. The Hall–Kier alpha value is -2.12. The monoisotopic (exact) mass is 401 g/mol. The summed E-state index contributed by atoms with van der Waals surface area (Å²) in [5.41, 5.74) is 7.89. The van der Waals surface area contributed by atoms with Crippen molar-refractivity contribution in [3.63, 3.8) is 0 Å². The maximum atomic E-state index is 5.82. The second-order valence-corrected chi connectivity index (χ2v) is 7.08. The molecule has 1 heterocycles. The molecule has 0 fully saturated rings. The van der Waals surface area contributed by atoms with Crippen LogP contribution in [0.25, 0.3) is 0 Å². The van der Waals surface area contributed by atoms with Gasteiger partial charge in [0.1, 0.15) is 5.82 Å². The van der Waals surface area contributed by atoms with Crippen LogP contribution in [0.4, 0.5) is 17.6 Å². The topological polar surface area (TPSA) is 76.7 Å². The average molecular weight is 402 g/mol. The lowest BCUT2D eigenvalue weighted by molar-refractivity contribution is 0.981. The maximum Gasteiger partial charge on any atom is 0.232 e. The Labute approximate surface area is 153 Å². The maximum absolute atomic E-state index is 5.82. The van der Waals surface area contributed by atoms with E-state index in [2.05, 4.69) is 36.2 Å². The van der Waals surface area contributed by atoms with Crippen LogP contribution in [0.15, 0.2) is 57.9 Å². The third-order valence-electron chi connectivity index (χ3n) is 3.27. The molecule has 1 aromatic heterocycles. The highest BCUT2D eigenvalue weighted by Gasteiger charge is 2.07. The van der Waals surface area contributed by atoms with E-state index < -0.39 is 0 Å². The summed E-state index contributed by atoms with van der Waals surface area (Å²) < 4.78 is 1.06. The van der Waals surface area contributed by atoms with Crippen molar-refractivity contribution in [2.24, 2.45) is 0 Å². The summed E-state index contributed by atoms with van der Waals surface area (Å²) in [4.78, 5) is 14.0. The smallest absolute Gasteiger partial charge is 0.232 e. The molecule has 0 aliphatic heterocycles. The highest BCUT2D eigenvalue weighted by atomic mass is 79.9. The lowest BCUT2D eigenvalue weighted by Crippen LogP contribution is -2.07. The number of nitrogens with zero attached hydrogens (tertiary/aromatic N) is 3. The van der Waals surface area contributed by atoms with Crippen LogP contribution in [-0.2, 0) is 5.75 Å². The number of hydrogen-bond acceptors (Lipinski definition) is 6. The zero-order valence-electron chi connectivity index (χ0n) is 13.0. The third-order valence-corrected chi connectivity index (χ3v) is 4.81. The number of thioether (sulfide) groups is 1. The van der Waals surface area contributed by atoms with E-state index in [9.17, 15) is 0 Å². The molecule has 0 spiro atoms. The van der Waals surface area contributed by atoms with E-state index in [0.717, 1.165) is 20.6 Å². The number of anilines is 3. The van der Waals surface area contributed by atoms with Crippen LogP contribution < -0.4 is 11.1 Å². The largest absolute Gasteiger partial charge is 0.368 e. The van der Waals surface area contributed by atoms with Gasteiger partial charge in [0.05, 0.1) is 5.75 Å². The standard InChI is InChI=1S/C17H16BrN5S/c1-11-4-2-3-5-14(11)20-17-22-15(21-16(19)23-17)10-24-13-8-6-12(18)7-9-13/h2-9H,10H2,1H3,(H3,19,20,21,22,23). The van der Waals surface area contributed by atoms with Crippen LogP contribution in [0.2, 0.25) is 0 Å². The highest BCUT2D eigenvalue weighted by molar-refractivity contribution is 9.10. The number of nitrogens with two attached hydrogens (primary N) is 1. The predicted molar refractivity (Wildman–Crippen MR) is 102 cm³/mol. The zero-order chi connectivity index (χ0) is 16.9. The molecule has 3 N–H and O–H groups in total. The van der Waals surface area contributed by atoms with E-state index in [1.807, 2.05) is 55.5 Å². The van der Waals surface area contributed by atoms with Crippen molar-refractivity contribution in [2.75, 3.05) is 11.1 Å². The van der Waals surface area contributed by atoms with E-state index in [1.165, 1.54) is 0 Å². The van der Waals surface area contributed by atoms with Gasteiger partial charge in [-0.15, -0.1) is 11.8 Å². The minimum Gasteiger partial charge on any atom is -0.368 e. The Balaban J connectivity index is 1.74. The highest BCUT2D eigenvalue weighted by Crippen LogP contribution is 2.24. The van der Waals surface area contributed by atoms with Crippen molar-refractivity contribution in [1.29, 1.82) is 0 Å². The van der Waals surface area contributed by atoms with Gasteiger partial charge in [0, 0.05) is 15.1 Å². The first-order valence-corrected chi connectivity index (χ1v) is 9.09. The zero-order valence-corrected chi connectivity index (χ0v) is 15.4. The number of nitrogens with one attached hydrogen (secondary N) is 1. The van der Waals surface area contributed by atoms with Crippen molar-refractivity contribution in [3.8, 4) is 0 Å². The van der Waals surface area contributed by atoms with Gasteiger partial charge in [-0.05, 0) is 42.8 Å². The average Bonchev–Trinajstić information content (AvgIpc) is 2.56. The molecule has 3 rings (SSSR count). The van der Waals surface area contributed by atoms with Crippen LogP contribution in [0.3, 0.4) is 0 Å². The van der Waals surface area contributed by atoms with Crippen molar-refractivity contribution in [3.05, 3.63) is 64.4 Å². The van der Waals surface area contributed by atoms with E-state index in [0.29, 0.717) is 17.5 Å². The van der Waals surface area contributed by atoms with Gasteiger partial charge < -0.3 is 11.1 Å². The van der Waals surface area contributed by atoms with Crippen LogP contribution in [0, 0.1) is 6.92 Å². The molecule has 0 aliphatic rings. The minimum atomic E-state index is 0.215. The minimum absolute atomic E-state index is 0.215. The molecule has 0 saturated carbocycles. The first-order valence-electron chi connectivity index (χ1n) is 7.31. The number of rotatable bonds is 5. The van der Waals surface area contributed by atoms with Crippen LogP contribution in [0.5, 0.6) is 0 Å². The summed E-state index contributed by atoms with van der Waals surface area (Å²) >= 11 is 5.08. The number of aromatic nitrogens is 3. The van der Waals surface area contributed by atoms with E-state index in [4.69, 9.17) is 5.73 Å². The van der Waals surface area contributed by atoms with Crippen LogP contribution in [0.1, 0.15) is 11.4 Å². The SMILES string of the molecule is Cc1ccccc1Nc1nc(N)nc(CSc2ccc(Br)cc2)n1. The summed E-state index contributed by atoms with van der Waals surface area (Å²) in [6, 6.07) is 16.1. The summed E-state index contributed by atoms with van der Waals surface area (Å²) in [6.07, 6.45) is 0. The Morgan fingerprint density at radius 2 is 1.79 bits per heavy atom. The second kappa shape index (κ2) is 7.63. The lowest BCUT2D eigenvalue weighted by atomic mass is 10.2. The van der Waals surface area contributed by atoms with Gasteiger partial charge in [0.15, 0.2) is 0 Å². The van der Waals surface area contributed by atoms with Gasteiger partial charge in [0.2, 0.25) is 11.9 Å². The van der Waals surface area contributed by atoms with E-state index >= 15 is 0 Å². The quantitative estimate of drug-likeness (QED) is 0.610. The molecule has 2 aromatic carbocycles. The normalized spacial score (nSPS) is 10.6. The number of nitrogen functional groups attached to an aromatic ring is 1. The Morgan fingerprint density at radius 3 is 2.54 bits per heavy atom. The molecule has 0 amide bonds. The molecular weight excluding hydrogens is 386 g/mol. The van der Waals surface area contributed by atoms with Crippen LogP contribution >= 0.6 is 27.7 Å². The first-order chi connectivity index (χ1) is 11.6. The Bertz CT molecular complexity index is 839. The molecule has 122 valence electrons. The summed E-state index contributed by atoms with van der Waals surface area (Å²) in [5.74, 6) is 1.94. The van der Waals surface area contributed by atoms with Gasteiger partial charge in [-0.3, -0.25) is 0 Å². The number of hydrogen-bond donors (Lipinski definition) is 2. The number of para-hydroxylation sites is 1. The van der Waals surface area contributed by atoms with Gasteiger partial charge >= 0.3 is 0 Å². The van der Waals surface area contributed by atoms with Gasteiger partial charge in [-0.1, -0.05) is 34.1 Å². The predicted octanol–water partition coefficient (Wildman–Crippen LogP) is 4.56. The molecule has 0 atom stereocenters. The van der Waals surface area contributed by atoms with Crippen LogP contribution in [-0.4, -0.2) is 15.0 Å². The van der Waals surface area contributed by atoms with Crippen molar-refractivity contribution < 1.29 is 0 Å². The van der Waals surface area contributed by atoms with Crippen molar-refractivity contribution >= 4 is 45.3 Å². The first kappa shape index (κ1) is 16.7. The molecule has 5 nitrogen and oxygen atoms in total. The molecule has 3 aromatic rings. The number of benzene rings is 2. The Kier molecular flexibility index (Phi) is 5.32. The fraction of sp³-hybridized carbons (Fsp3) is 0.118. The Morgan fingerprint density at radius 1 is 1.04 bits per heavy atom. The molecule has 0 unspecified atom stereocenters.